The van der Waals surface area contributed by atoms with E-state index in [2.05, 4.69) is 0 Å². The zero-order chi connectivity index (χ0) is 16.9. The summed E-state index contributed by atoms with van der Waals surface area (Å²) >= 11 is 0. The maximum Gasteiger partial charge on any atom is 0.310 e. The Bertz CT molecular complexity index is 570. The molecule has 0 N–H and O–H groups in total. The maximum absolute atomic E-state index is 12.5. The van der Waals surface area contributed by atoms with Crippen molar-refractivity contribution in [3.8, 4) is 0 Å². The van der Waals surface area contributed by atoms with Crippen LogP contribution in [0.5, 0.6) is 0 Å². The number of hydrogen-bond acceptors (Lipinski definition) is 5. The number of benzene rings is 1. The molecule has 0 aromatic heterocycles. The summed E-state index contributed by atoms with van der Waals surface area (Å²) in [5.74, 6) is -1.54. The number of rotatable bonds is 7. The van der Waals surface area contributed by atoms with E-state index in [1.54, 1.807) is 0 Å². The first kappa shape index (κ1) is 17.0. The lowest BCUT2D eigenvalue weighted by atomic mass is 9.79. The molecule has 1 aromatic rings. The van der Waals surface area contributed by atoms with Crippen LogP contribution in [0.1, 0.15) is 38.2 Å². The number of carbonyl (C=O) groups is 2. The third-order valence-electron chi connectivity index (χ3n) is 4.72. The van der Waals surface area contributed by atoms with Crippen LogP contribution in [0.2, 0.25) is 0 Å². The van der Waals surface area contributed by atoms with E-state index in [9.17, 15) is 9.59 Å². The van der Waals surface area contributed by atoms with Gasteiger partial charge in [0.1, 0.15) is 6.61 Å². The Kier molecular flexibility index (Phi) is 5.51. The topological polar surface area (TPSA) is 65.1 Å². The Hall–Kier alpha value is -1.88. The molecule has 1 aromatic carbocycles. The second-order valence-electron chi connectivity index (χ2n) is 6.51. The molecular formula is C19H24O5. The molecule has 2 fully saturated rings. The maximum atomic E-state index is 12.5. The molecule has 0 spiro atoms. The predicted molar refractivity (Wildman–Crippen MR) is 87.0 cm³/mol. The third kappa shape index (κ3) is 4.15. The fourth-order valence-electron chi connectivity index (χ4n) is 3.20. The van der Waals surface area contributed by atoms with Crippen molar-refractivity contribution in [3.05, 3.63) is 35.9 Å². The van der Waals surface area contributed by atoms with Crippen molar-refractivity contribution in [2.45, 2.75) is 51.4 Å². The van der Waals surface area contributed by atoms with Crippen LogP contribution in [0.15, 0.2) is 30.3 Å². The predicted octanol–water partition coefficient (Wildman–Crippen LogP) is 2.87. The number of ether oxygens (including phenoxy) is 3. The van der Waals surface area contributed by atoms with Crippen LogP contribution in [-0.4, -0.2) is 30.8 Å². The number of hydrogen-bond donors (Lipinski definition) is 0. The van der Waals surface area contributed by atoms with Crippen molar-refractivity contribution in [3.63, 3.8) is 0 Å². The second-order valence-corrected chi connectivity index (χ2v) is 6.51. The molecule has 4 unspecified atom stereocenters. The summed E-state index contributed by atoms with van der Waals surface area (Å²) in [6.07, 6.45) is 3.11. The van der Waals surface area contributed by atoms with Gasteiger partial charge in [0, 0.05) is 0 Å². The van der Waals surface area contributed by atoms with Gasteiger partial charge in [-0.15, -0.1) is 0 Å². The van der Waals surface area contributed by atoms with E-state index < -0.39 is 11.8 Å². The summed E-state index contributed by atoms with van der Waals surface area (Å²) in [5.41, 5.74) is 0.935. The smallest absolute Gasteiger partial charge is 0.310 e. The molecule has 1 saturated carbocycles. The molecule has 0 radical (unpaired) electrons. The molecular weight excluding hydrogens is 308 g/mol. The number of unbranched alkanes of at least 4 members (excludes halogenated alkanes) is 1. The highest BCUT2D eigenvalue weighted by Gasteiger charge is 2.53. The lowest BCUT2D eigenvalue weighted by molar-refractivity contribution is -0.163. The molecule has 1 aliphatic heterocycles. The molecule has 5 heteroatoms. The van der Waals surface area contributed by atoms with Crippen molar-refractivity contribution >= 4 is 11.9 Å². The highest BCUT2D eigenvalue weighted by molar-refractivity contribution is 5.82. The van der Waals surface area contributed by atoms with Gasteiger partial charge in [0.05, 0.1) is 30.7 Å². The molecule has 0 bridgehead atoms. The molecule has 4 atom stereocenters. The van der Waals surface area contributed by atoms with Crippen LogP contribution < -0.4 is 0 Å². The van der Waals surface area contributed by atoms with Crippen LogP contribution in [-0.2, 0) is 30.4 Å². The Balaban J connectivity index is 1.57. The zero-order valence-electron chi connectivity index (χ0n) is 14.0. The largest absolute Gasteiger partial charge is 0.465 e. The van der Waals surface area contributed by atoms with Gasteiger partial charge in [-0.05, 0) is 24.8 Å². The summed E-state index contributed by atoms with van der Waals surface area (Å²) in [6, 6.07) is 9.54. The standard InChI is InChI=1S/C19H24O5/c1-2-3-9-22-18(20)14-10-16-17(24-16)11-15(14)19(21)23-12-13-7-5-4-6-8-13/h4-8,14-17H,2-3,9-12H2,1H3. The van der Waals surface area contributed by atoms with Crippen LogP contribution in [0, 0.1) is 11.8 Å². The molecule has 1 aliphatic carbocycles. The minimum atomic E-state index is -0.466. The molecule has 3 rings (SSSR count). The summed E-state index contributed by atoms with van der Waals surface area (Å²) < 4.78 is 16.3. The first-order valence-electron chi connectivity index (χ1n) is 8.71. The Morgan fingerprint density at radius 3 is 2.29 bits per heavy atom. The number of fused-ring (bicyclic) bond motifs is 1. The molecule has 5 nitrogen and oxygen atoms in total. The average Bonchev–Trinajstić information content (AvgIpc) is 3.38. The van der Waals surface area contributed by atoms with Gasteiger partial charge in [-0.1, -0.05) is 43.7 Å². The van der Waals surface area contributed by atoms with E-state index in [4.69, 9.17) is 14.2 Å². The van der Waals surface area contributed by atoms with Crippen LogP contribution in [0.3, 0.4) is 0 Å². The van der Waals surface area contributed by atoms with Gasteiger partial charge in [-0.25, -0.2) is 0 Å². The molecule has 1 heterocycles. The van der Waals surface area contributed by atoms with E-state index in [1.165, 1.54) is 0 Å². The Labute approximate surface area is 142 Å². The normalized spacial score (nSPS) is 27.9. The fourth-order valence-corrected chi connectivity index (χ4v) is 3.20. The van der Waals surface area contributed by atoms with Crippen LogP contribution >= 0.6 is 0 Å². The van der Waals surface area contributed by atoms with Gasteiger partial charge in [-0.2, -0.15) is 0 Å². The summed E-state index contributed by atoms with van der Waals surface area (Å²) in [5, 5.41) is 0. The van der Waals surface area contributed by atoms with Crippen molar-refractivity contribution in [2.24, 2.45) is 11.8 Å². The van der Waals surface area contributed by atoms with E-state index in [1.807, 2.05) is 37.3 Å². The SMILES string of the molecule is CCCCOC(=O)C1CC2OC2CC1C(=O)OCc1ccccc1. The lowest BCUT2D eigenvalue weighted by Gasteiger charge is -2.26. The van der Waals surface area contributed by atoms with E-state index in [0.717, 1.165) is 18.4 Å². The number of esters is 2. The van der Waals surface area contributed by atoms with E-state index in [0.29, 0.717) is 19.4 Å². The Morgan fingerprint density at radius 1 is 1.04 bits per heavy atom. The first-order chi connectivity index (χ1) is 11.7. The van der Waals surface area contributed by atoms with Gasteiger partial charge in [0.2, 0.25) is 0 Å². The van der Waals surface area contributed by atoms with E-state index >= 15 is 0 Å². The monoisotopic (exact) mass is 332 g/mol. The summed E-state index contributed by atoms with van der Waals surface area (Å²) in [4.78, 5) is 24.8. The van der Waals surface area contributed by atoms with Crippen molar-refractivity contribution in [1.29, 1.82) is 0 Å². The van der Waals surface area contributed by atoms with Gasteiger partial charge < -0.3 is 14.2 Å². The minimum absolute atomic E-state index is 0.0963. The second kappa shape index (κ2) is 7.79. The van der Waals surface area contributed by atoms with Crippen LogP contribution in [0.25, 0.3) is 0 Å². The van der Waals surface area contributed by atoms with Crippen molar-refractivity contribution in [1.82, 2.24) is 0 Å². The molecule has 2 aliphatic rings. The van der Waals surface area contributed by atoms with Crippen LogP contribution in [0.4, 0.5) is 0 Å². The van der Waals surface area contributed by atoms with E-state index in [-0.39, 0.29) is 30.8 Å². The zero-order valence-corrected chi connectivity index (χ0v) is 14.0. The Morgan fingerprint density at radius 2 is 1.67 bits per heavy atom. The van der Waals surface area contributed by atoms with Gasteiger partial charge in [-0.3, -0.25) is 9.59 Å². The molecule has 24 heavy (non-hydrogen) atoms. The summed E-state index contributed by atoms with van der Waals surface area (Å²) in [6.45, 7) is 2.68. The van der Waals surface area contributed by atoms with Gasteiger partial charge in [0.25, 0.3) is 0 Å². The lowest BCUT2D eigenvalue weighted by Crippen LogP contribution is -2.37. The number of carbonyl (C=O) groups excluding carboxylic acids is 2. The van der Waals surface area contributed by atoms with Gasteiger partial charge in [0.15, 0.2) is 0 Å². The molecule has 1 saturated heterocycles. The highest BCUT2D eigenvalue weighted by Crippen LogP contribution is 2.43. The fraction of sp³-hybridized carbons (Fsp3) is 0.579. The minimum Gasteiger partial charge on any atom is -0.465 e. The average molecular weight is 332 g/mol. The third-order valence-corrected chi connectivity index (χ3v) is 4.72. The van der Waals surface area contributed by atoms with Gasteiger partial charge >= 0.3 is 11.9 Å². The highest BCUT2D eigenvalue weighted by atomic mass is 16.6. The first-order valence-corrected chi connectivity index (χ1v) is 8.71. The van der Waals surface area contributed by atoms with Crippen molar-refractivity contribution < 1.29 is 23.8 Å². The number of epoxide rings is 1. The molecule has 130 valence electrons. The summed E-state index contributed by atoms with van der Waals surface area (Å²) in [7, 11) is 0. The van der Waals surface area contributed by atoms with Crippen molar-refractivity contribution in [2.75, 3.05) is 6.61 Å². The molecule has 0 amide bonds. The quantitative estimate of drug-likeness (QED) is 0.436.